The molecule has 2 aliphatic heterocycles. The van der Waals surface area contributed by atoms with Gasteiger partial charge in [-0.1, -0.05) is 65.2 Å². The number of nitrogens with zero attached hydrogens (tertiary/aromatic N) is 4. The highest BCUT2D eigenvalue weighted by atomic mass is 31.2. The Kier molecular flexibility index (Phi) is 11.4. The lowest BCUT2D eigenvalue weighted by molar-refractivity contribution is -0.149. The molecule has 4 heterocycles. The average molecular weight is 690 g/mol. The smallest absolute Gasteiger partial charge is 0.459 e. The minimum Gasteiger partial charge on any atom is -0.476 e. The fourth-order valence-corrected chi connectivity index (χ4v) is 7.41. The minimum atomic E-state index is -4.32. The number of hydrogen-bond acceptors (Lipinski definition) is 12. The van der Waals surface area contributed by atoms with E-state index in [2.05, 4.69) is 33.9 Å². The van der Waals surface area contributed by atoms with Crippen molar-refractivity contribution < 1.29 is 42.8 Å². The topological polar surface area (TPSA) is 176 Å². The second-order valence-electron chi connectivity index (χ2n) is 14.0. The highest BCUT2D eigenvalue weighted by Crippen LogP contribution is 2.48. The third-order valence-electron chi connectivity index (χ3n) is 8.61. The number of benzene rings is 1. The summed E-state index contributed by atoms with van der Waals surface area (Å²) in [6.45, 7) is 9.57. The van der Waals surface area contributed by atoms with Gasteiger partial charge in [-0.05, 0) is 49.7 Å². The van der Waals surface area contributed by atoms with Gasteiger partial charge < -0.3 is 28.9 Å². The number of rotatable bonds is 4. The van der Waals surface area contributed by atoms with Crippen LogP contribution >= 0.6 is 7.75 Å². The van der Waals surface area contributed by atoms with Crippen molar-refractivity contribution in [3.05, 3.63) is 43.0 Å². The Labute approximate surface area is 281 Å². The summed E-state index contributed by atoms with van der Waals surface area (Å²) in [4.78, 5) is 26.6. The van der Waals surface area contributed by atoms with Crippen LogP contribution in [0.25, 0.3) is 11.2 Å². The van der Waals surface area contributed by atoms with Crippen molar-refractivity contribution in [2.24, 2.45) is 11.3 Å². The van der Waals surface area contributed by atoms with Crippen LogP contribution in [0.15, 0.2) is 43.0 Å². The molecule has 15 heteroatoms. The number of fused-ring (bicyclic) bond motifs is 3. The first-order chi connectivity index (χ1) is 22.8. The molecular weight excluding hydrogens is 641 g/mol. The van der Waals surface area contributed by atoms with Gasteiger partial charge in [0.25, 0.3) is 0 Å². The molecule has 0 saturated carbocycles. The summed E-state index contributed by atoms with van der Waals surface area (Å²) in [5.41, 5.74) is -1.39. The van der Waals surface area contributed by atoms with E-state index in [1.807, 2.05) is 13.8 Å². The van der Waals surface area contributed by atoms with Crippen molar-refractivity contribution in [2.75, 3.05) is 19.8 Å². The minimum absolute atomic E-state index is 0.0324. The zero-order chi connectivity index (χ0) is 34.5. The lowest BCUT2D eigenvalue weighted by Crippen LogP contribution is -2.44. The molecule has 3 N–H and O–H groups in total. The molecule has 1 saturated heterocycles. The molecule has 0 spiro atoms. The molecule has 0 aliphatic carbocycles. The number of nitrogens with one attached hydrogen (secondary N) is 1. The summed E-state index contributed by atoms with van der Waals surface area (Å²) >= 11 is 0. The summed E-state index contributed by atoms with van der Waals surface area (Å²) in [5, 5.41) is 25.5. The molecule has 2 aliphatic rings. The Hall–Kier alpha value is -3.13. The van der Waals surface area contributed by atoms with Crippen LogP contribution in [-0.2, 0) is 23.4 Å². The number of esters is 1. The van der Waals surface area contributed by atoms with Gasteiger partial charge in [-0.25, -0.2) is 14.5 Å². The molecule has 14 nitrogen and oxygen atoms in total. The summed E-state index contributed by atoms with van der Waals surface area (Å²) in [6.07, 6.45) is 3.81. The van der Waals surface area contributed by atoms with Crippen LogP contribution in [0.2, 0.25) is 0 Å². The first kappa shape index (κ1) is 36.2. The number of cyclic esters (lactones) is 1. The Morgan fingerprint density at radius 3 is 2.58 bits per heavy atom. The van der Waals surface area contributed by atoms with Crippen molar-refractivity contribution >= 4 is 24.9 Å². The van der Waals surface area contributed by atoms with Gasteiger partial charge in [0.1, 0.15) is 35.9 Å². The number of aliphatic hydroxyl groups is 2. The first-order valence-electron chi connectivity index (χ1n) is 16.6. The lowest BCUT2D eigenvalue weighted by Gasteiger charge is -2.29. The second-order valence-corrected chi connectivity index (χ2v) is 15.7. The average Bonchev–Trinajstić information content (AvgIpc) is 3.56. The molecule has 2 aromatic heterocycles. The van der Waals surface area contributed by atoms with Crippen LogP contribution in [0.3, 0.4) is 0 Å². The molecule has 1 unspecified atom stereocenters. The highest BCUT2D eigenvalue weighted by molar-refractivity contribution is 7.52. The Balaban J connectivity index is 1.46. The maximum absolute atomic E-state index is 14.4. The molecule has 1 fully saturated rings. The van der Waals surface area contributed by atoms with Crippen LogP contribution in [-0.4, -0.2) is 79.4 Å². The standard InChI is InChI=1S/C33H48N5O9P/c1-22(2)17-24-30(40)44-19-32(3,4)15-11-6-7-12-16-43-29-26-28(34-20-35-29)38(21-36-26)31-33(5,41)27(39)25(46-31)18-45-48(42,37-24)47-23-13-9-8-10-14-23/h8-10,13-14,20-22,24-25,27,31,39,41H,6-7,11-12,15-19H2,1-5H3,(H,37,42)/t24-,25-,27-,31-,33-,48?/m1/s1. The quantitative estimate of drug-likeness (QED) is 0.248. The van der Waals surface area contributed by atoms with E-state index >= 15 is 0 Å². The Morgan fingerprint density at radius 2 is 1.83 bits per heavy atom. The predicted molar refractivity (Wildman–Crippen MR) is 176 cm³/mol. The Bertz CT molecular complexity index is 1570. The van der Waals surface area contributed by atoms with Crippen molar-refractivity contribution in [1.82, 2.24) is 24.6 Å². The maximum atomic E-state index is 14.4. The number of imidazole rings is 1. The van der Waals surface area contributed by atoms with E-state index in [4.69, 9.17) is 23.3 Å². The highest BCUT2D eigenvalue weighted by Gasteiger charge is 2.54. The van der Waals surface area contributed by atoms with Gasteiger partial charge in [0.15, 0.2) is 17.4 Å². The summed E-state index contributed by atoms with van der Waals surface area (Å²) in [7, 11) is -4.32. The molecule has 264 valence electrons. The molecule has 0 radical (unpaired) electrons. The molecule has 1 aromatic carbocycles. The van der Waals surface area contributed by atoms with Crippen molar-refractivity contribution in [3.8, 4) is 11.6 Å². The number of aromatic nitrogens is 4. The summed E-state index contributed by atoms with van der Waals surface area (Å²) < 4.78 is 45.6. The molecular formula is C33H48N5O9P. The van der Waals surface area contributed by atoms with Crippen molar-refractivity contribution in [1.29, 1.82) is 0 Å². The Morgan fingerprint density at radius 1 is 1.08 bits per heavy atom. The van der Waals surface area contributed by atoms with Crippen molar-refractivity contribution in [3.63, 3.8) is 0 Å². The van der Waals surface area contributed by atoms with Crippen LogP contribution < -0.4 is 14.3 Å². The van der Waals surface area contributed by atoms with E-state index in [1.54, 1.807) is 30.3 Å². The van der Waals surface area contributed by atoms with Gasteiger partial charge in [0.05, 0.1) is 26.1 Å². The van der Waals surface area contributed by atoms with Crippen LogP contribution in [0, 0.1) is 11.3 Å². The molecule has 0 amide bonds. The van der Waals surface area contributed by atoms with Gasteiger partial charge in [-0.2, -0.15) is 10.1 Å². The van der Waals surface area contributed by atoms with Gasteiger partial charge in [0, 0.05) is 0 Å². The van der Waals surface area contributed by atoms with Crippen molar-refractivity contribution in [2.45, 2.75) is 103 Å². The second kappa shape index (κ2) is 15.2. The van der Waals surface area contributed by atoms with E-state index in [-0.39, 0.29) is 23.7 Å². The van der Waals surface area contributed by atoms with E-state index in [9.17, 15) is 19.6 Å². The van der Waals surface area contributed by atoms with E-state index in [1.165, 1.54) is 24.1 Å². The molecule has 6 atom stereocenters. The third-order valence-corrected chi connectivity index (χ3v) is 10.2. The molecule has 6 bridgehead atoms. The van der Waals surface area contributed by atoms with Gasteiger partial charge in [-0.15, -0.1) is 0 Å². The van der Waals surface area contributed by atoms with E-state index in [0.29, 0.717) is 30.1 Å². The third kappa shape index (κ3) is 8.71. The van der Waals surface area contributed by atoms with Gasteiger partial charge in [-0.3, -0.25) is 13.9 Å². The zero-order valence-corrected chi connectivity index (χ0v) is 29.2. The molecule has 48 heavy (non-hydrogen) atoms. The van der Waals surface area contributed by atoms with Gasteiger partial charge >= 0.3 is 13.7 Å². The van der Waals surface area contributed by atoms with Gasteiger partial charge in [0.2, 0.25) is 5.88 Å². The van der Waals surface area contributed by atoms with E-state index < -0.39 is 50.4 Å². The monoisotopic (exact) mass is 689 g/mol. The largest absolute Gasteiger partial charge is 0.476 e. The lowest BCUT2D eigenvalue weighted by atomic mass is 9.88. The number of para-hydroxylation sites is 1. The number of carbonyl (C=O) groups excluding carboxylic acids is 1. The predicted octanol–water partition coefficient (Wildman–Crippen LogP) is 4.96. The SMILES string of the molecule is CC(C)C[C@H]1NP(=O)(Oc2ccccc2)OC[C@H]2O[C@@H](n3cnc4c(ncnc43)OCCCCCCC(C)(C)COC1=O)[C@](C)(O)[C@@H]2O. The normalized spacial score (nSPS) is 31.0. The van der Waals surface area contributed by atoms with Crippen LogP contribution in [0.5, 0.6) is 11.6 Å². The van der Waals surface area contributed by atoms with E-state index in [0.717, 1.165) is 32.1 Å². The zero-order valence-electron chi connectivity index (χ0n) is 28.3. The van der Waals surface area contributed by atoms with Crippen LogP contribution in [0.1, 0.15) is 79.4 Å². The first-order valence-corrected chi connectivity index (χ1v) is 18.1. The fourth-order valence-electron chi connectivity index (χ4n) is 5.90. The summed E-state index contributed by atoms with van der Waals surface area (Å²) in [5.74, 6) is 0.00740. The number of carbonyl (C=O) groups is 1. The molecule has 3 aromatic rings. The molecule has 5 rings (SSSR count). The number of hydrogen-bond donors (Lipinski definition) is 3. The summed E-state index contributed by atoms with van der Waals surface area (Å²) in [6, 6.07) is 7.40. The number of aliphatic hydroxyl groups excluding tert-OH is 1. The van der Waals surface area contributed by atoms with Crippen LogP contribution in [0.4, 0.5) is 0 Å². The maximum Gasteiger partial charge on any atom is 0.459 e. The number of ether oxygens (including phenoxy) is 3. The fraction of sp³-hybridized carbons (Fsp3) is 0.636.